The van der Waals surface area contributed by atoms with Crippen LogP contribution in [0.4, 0.5) is 0 Å². The normalized spacial score (nSPS) is 16.6. The molecular formula is C11H9NO6S. The van der Waals surface area contributed by atoms with Gasteiger partial charge in [0.15, 0.2) is 21.4 Å². The second-order valence-corrected chi connectivity index (χ2v) is 5.50. The lowest BCUT2D eigenvalue weighted by atomic mass is 10.3. The fourth-order valence-electron chi connectivity index (χ4n) is 1.40. The van der Waals surface area contributed by atoms with Gasteiger partial charge in [0.1, 0.15) is 6.61 Å². The lowest BCUT2D eigenvalue weighted by Crippen LogP contribution is -2.23. The van der Waals surface area contributed by atoms with Crippen LogP contribution in [0.3, 0.4) is 0 Å². The van der Waals surface area contributed by atoms with Crippen molar-refractivity contribution in [3.8, 4) is 11.5 Å². The maximum absolute atomic E-state index is 11.7. The van der Waals surface area contributed by atoms with Crippen molar-refractivity contribution in [1.82, 2.24) is 0 Å². The molecule has 2 rings (SSSR count). The number of carboxylic acid groups (broad SMARTS) is 1. The van der Waals surface area contributed by atoms with E-state index in [4.69, 9.17) is 9.84 Å². The summed E-state index contributed by atoms with van der Waals surface area (Å²) in [5.41, 5.74) is 0. The zero-order valence-electron chi connectivity index (χ0n) is 9.48. The van der Waals surface area contributed by atoms with Crippen LogP contribution in [-0.4, -0.2) is 36.3 Å². The molecule has 0 atom stereocenters. The summed E-state index contributed by atoms with van der Waals surface area (Å²) < 4.78 is 28.5. The molecule has 0 saturated heterocycles. The second-order valence-electron chi connectivity index (χ2n) is 3.58. The number of carbonyl (C=O) groups is 1. The molecule has 1 aromatic rings. The van der Waals surface area contributed by atoms with Crippen molar-refractivity contribution in [3.05, 3.63) is 35.4 Å². The van der Waals surface area contributed by atoms with Gasteiger partial charge in [0.2, 0.25) is 9.84 Å². The van der Waals surface area contributed by atoms with Crippen molar-refractivity contribution >= 4 is 20.9 Å². The molecular weight excluding hydrogens is 274 g/mol. The van der Waals surface area contributed by atoms with E-state index in [1.165, 1.54) is 12.1 Å². The van der Waals surface area contributed by atoms with Gasteiger partial charge in [-0.15, -0.1) is 0 Å². The van der Waals surface area contributed by atoms with E-state index in [1.54, 1.807) is 12.1 Å². The standard InChI is InChI=1S/C11H9NO6S/c13-7-3-1-2-4-8(7)18-6-10-12-5-9(11(14)15)19(10,16)17/h1-5,13H,6H2,(H,14,15). The molecule has 100 valence electrons. The molecule has 2 N–H and O–H groups in total. The number of hydrogen-bond donors (Lipinski definition) is 2. The topological polar surface area (TPSA) is 113 Å². The quantitative estimate of drug-likeness (QED) is 0.833. The molecule has 0 saturated carbocycles. The van der Waals surface area contributed by atoms with Gasteiger partial charge in [0.25, 0.3) is 0 Å². The van der Waals surface area contributed by atoms with Crippen LogP contribution in [0.2, 0.25) is 0 Å². The summed E-state index contributed by atoms with van der Waals surface area (Å²) >= 11 is 0. The number of nitrogens with zero attached hydrogens (tertiary/aromatic N) is 1. The number of rotatable bonds is 4. The molecule has 0 spiro atoms. The number of hydrogen-bond acceptors (Lipinski definition) is 6. The van der Waals surface area contributed by atoms with Crippen LogP contribution in [0.25, 0.3) is 0 Å². The van der Waals surface area contributed by atoms with Crippen LogP contribution < -0.4 is 4.74 Å². The van der Waals surface area contributed by atoms with E-state index in [0.29, 0.717) is 0 Å². The highest BCUT2D eigenvalue weighted by molar-refractivity contribution is 8.10. The van der Waals surface area contributed by atoms with Crippen molar-refractivity contribution in [3.63, 3.8) is 0 Å². The number of carboxylic acids is 1. The van der Waals surface area contributed by atoms with Gasteiger partial charge in [0.05, 0.1) is 6.20 Å². The minimum absolute atomic E-state index is 0.0872. The summed E-state index contributed by atoms with van der Waals surface area (Å²) in [7, 11) is -4.11. The van der Waals surface area contributed by atoms with Gasteiger partial charge in [-0.25, -0.2) is 18.2 Å². The number of phenols is 1. The molecule has 0 aromatic heterocycles. The van der Waals surface area contributed by atoms with Crippen molar-refractivity contribution in [1.29, 1.82) is 0 Å². The van der Waals surface area contributed by atoms with Crippen molar-refractivity contribution in [2.45, 2.75) is 0 Å². The molecule has 0 unspecified atom stereocenters. The first-order valence-electron chi connectivity index (χ1n) is 5.09. The molecule has 1 aliphatic heterocycles. The van der Waals surface area contributed by atoms with Gasteiger partial charge < -0.3 is 14.9 Å². The Morgan fingerprint density at radius 1 is 1.32 bits per heavy atom. The first-order chi connectivity index (χ1) is 8.93. The van der Waals surface area contributed by atoms with Crippen LogP contribution in [-0.2, 0) is 14.6 Å². The molecule has 0 aliphatic carbocycles. The molecule has 1 aromatic carbocycles. The molecule has 0 bridgehead atoms. The molecule has 0 radical (unpaired) electrons. The molecule has 0 fully saturated rings. The molecule has 0 amide bonds. The second kappa shape index (κ2) is 4.73. The molecule has 7 nitrogen and oxygen atoms in total. The van der Waals surface area contributed by atoms with Gasteiger partial charge in [-0.3, -0.25) is 0 Å². The molecule has 19 heavy (non-hydrogen) atoms. The molecule has 1 aliphatic rings. The number of aliphatic carboxylic acids is 1. The first-order valence-corrected chi connectivity index (χ1v) is 6.57. The Balaban J connectivity index is 2.12. The van der Waals surface area contributed by atoms with Crippen molar-refractivity contribution in [2.75, 3.05) is 6.61 Å². The number of ether oxygens (including phenoxy) is 1. The fraction of sp³-hybridized carbons (Fsp3) is 0.0909. The highest BCUT2D eigenvalue weighted by Gasteiger charge is 2.34. The third-order valence-corrected chi connectivity index (χ3v) is 4.06. The number of benzene rings is 1. The molecule has 1 heterocycles. The van der Waals surface area contributed by atoms with Crippen LogP contribution in [0.5, 0.6) is 11.5 Å². The predicted molar refractivity (Wildman–Crippen MR) is 65.7 cm³/mol. The molecule has 8 heteroatoms. The SMILES string of the molecule is O=C(O)C1=CN=C(COc2ccccc2O)S1(=O)=O. The predicted octanol–water partition coefficient (Wildman–Crippen LogP) is 0.524. The van der Waals surface area contributed by atoms with E-state index >= 15 is 0 Å². The summed E-state index contributed by atoms with van der Waals surface area (Å²) in [5.74, 6) is -1.63. The zero-order chi connectivity index (χ0) is 14.0. The Morgan fingerprint density at radius 3 is 2.58 bits per heavy atom. The van der Waals surface area contributed by atoms with Crippen LogP contribution >= 0.6 is 0 Å². The number of aromatic hydroxyl groups is 1. The highest BCUT2D eigenvalue weighted by Crippen LogP contribution is 2.25. The third-order valence-electron chi connectivity index (χ3n) is 2.35. The van der Waals surface area contributed by atoms with E-state index in [9.17, 15) is 18.3 Å². The third kappa shape index (κ3) is 2.43. The average molecular weight is 283 g/mol. The largest absolute Gasteiger partial charge is 0.504 e. The van der Waals surface area contributed by atoms with Crippen molar-refractivity contribution in [2.24, 2.45) is 4.99 Å². The monoisotopic (exact) mass is 283 g/mol. The van der Waals surface area contributed by atoms with E-state index in [0.717, 1.165) is 6.20 Å². The Hall–Kier alpha value is -2.35. The van der Waals surface area contributed by atoms with Gasteiger partial charge in [-0.2, -0.15) is 0 Å². The summed E-state index contributed by atoms with van der Waals surface area (Å²) in [6, 6.07) is 6.00. The van der Waals surface area contributed by atoms with E-state index in [1.807, 2.05) is 0 Å². The minimum atomic E-state index is -4.11. The Kier molecular flexibility index (Phi) is 3.26. The Labute approximate surface area is 108 Å². The van der Waals surface area contributed by atoms with Gasteiger partial charge >= 0.3 is 5.97 Å². The van der Waals surface area contributed by atoms with E-state index in [-0.39, 0.29) is 11.5 Å². The lowest BCUT2D eigenvalue weighted by Gasteiger charge is -2.07. The summed E-state index contributed by atoms with van der Waals surface area (Å²) in [6.07, 6.45) is 0.765. The van der Waals surface area contributed by atoms with Gasteiger partial charge in [-0.05, 0) is 12.1 Å². The van der Waals surface area contributed by atoms with Crippen LogP contribution in [0.15, 0.2) is 40.4 Å². The fourth-order valence-corrected chi connectivity index (χ4v) is 2.48. The number of sulfone groups is 1. The van der Waals surface area contributed by atoms with Crippen molar-refractivity contribution < 1.29 is 28.2 Å². The Bertz CT molecular complexity index is 689. The number of phenolic OH excluding ortho intramolecular Hbond substituents is 1. The van der Waals surface area contributed by atoms with Gasteiger partial charge in [-0.1, -0.05) is 12.1 Å². The van der Waals surface area contributed by atoms with E-state index < -0.39 is 32.4 Å². The summed E-state index contributed by atoms with van der Waals surface area (Å²) in [5, 5.41) is 17.7. The summed E-state index contributed by atoms with van der Waals surface area (Å²) in [6.45, 7) is -0.451. The van der Waals surface area contributed by atoms with Crippen LogP contribution in [0, 0.1) is 0 Å². The average Bonchev–Trinajstić information content (AvgIpc) is 2.63. The number of aliphatic imine (C=N–C) groups is 1. The van der Waals surface area contributed by atoms with Gasteiger partial charge in [0, 0.05) is 0 Å². The smallest absolute Gasteiger partial charge is 0.349 e. The van der Waals surface area contributed by atoms with Crippen LogP contribution in [0.1, 0.15) is 0 Å². The van der Waals surface area contributed by atoms with E-state index in [2.05, 4.69) is 4.99 Å². The highest BCUT2D eigenvalue weighted by atomic mass is 32.2. The maximum atomic E-state index is 11.7. The first kappa shape index (κ1) is 13.1. The minimum Gasteiger partial charge on any atom is -0.504 e. The zero-order valence-corrected chi connectivity index (χ0v) is 10.3. The maximum Gasteiger partial charge on any atom is 0.349 e. The summed E-state index contributed by atoms with van der Waals surface area (Å²) in [4.78, 5) is 13.4. The lowest BCUT2D eigenvalue weighted by molar-refractivity contribution is -0.131. The number of para-hydroxylation sites is 2. The Morgan fingerprint density at radius 2 is 2.00 bits per heavy atom.